The highest BCUT2D eigenvalue weighted by Gasteiger charge is 2.51. The molecule has 0 heterocycles. The van der Waals surface area contributed by atoms with E-state index in [1.54, 1.807) is 0 Å². The van der Waals surface area contributed by atoms with Crippen LogP contribution in [-0.2, 0) is 9.36 Å². The zero-order valence-electron chi connectivity index (χ0n) is 7.26. The van der Waals surface area contributed by atoms with E-state index in [-0.39, 0.29) is 5.70 Å². The lowest BCUT2D eigenvalue weighted by molar-refractivity contribution is -0.139. The van der Waals surface area contributed by atoms with Gasteiger partial charge in [-0.15, -0.1) is 0 Å². The number of allylic oxidation sites excluding steroid dienone is 1. The lowest BCUT2D eigenvalue weighted by atomic mass is 10.1. The van der Waals surface area contributed by atoms with Gasteiger partial charge in [0.2, 0.25) is 5.16 Å². The summed E-state index contributed by atoms with van der Waals surface area (Å²) in [6.45, 7) is 2.30. The van der Waals surface area contributed by atoms with Gasteiger partial charge >= 0.3 is 13.6 Å². The van der Waals surface area contributed by atoms with Crippen molar-refractivity contribution in [2.45, 2.75) is 19.0 Å². The molecule has 0 aromatic carbocycles. The SMILES string of the molecule is C/C=C(/N)C(C)(C(=O)O)P(=O)(O)O. The highest BCUT2D eigenvalue weighted by Crippen LogP contribution is 2.53. The first-order valence-electron chi connectivity index (χ1n) is 3.39. The summed E-state index contributed by atoms with van der Waals surface area (Å²) in [6.07, 6.45) is 1.16. The number of carbonyl (C=O) groups is 1. The third kappa shape index (κ3) is 1.91. The third-order valence-corrected chi connectivity index (χ3v) is 3.49. The van der Waals surface area contributed by atoms with Gasteiger partial charge in [-0.05, 0) is 13.8 Å². The molecule has 1 unspecified atom stereocenters. The first kappa shape index (κ1) is 12.2. The summed E-state index contributed by atoms with van der Waals surface area (Å²) in [7, 11) is -4.81. The number of carboxylic acids is 1. The number of carboxylic acid groups (broad SMARTS) is 1. The monoisotopic (exact) mass is 209 g/mol. The fourth-order valence-corrected chi connectivity index (χ4v) is 1.41. The molecule has 0 saturated heterocycles. The summed E-state index contributed by atoms with van der Waals surface area (Å²) >= 11 is 0. The Morgan fingerprint density at radius 1 is 1.54 bits per heavy atom. The van der Waals surface area contributed by atoms with Crippen LogP contribution in [0.15, 0.2) is 11.8 Å². The summed E-state index contributed by atoms with van der Waals surface area (Å²) in [6, 6.07) is 0. The Hall–Kier alpha value is -0.840. The van der Waals surface area contributed by atoms with Gasteiger partial charge in [-0.25, -0.2) is 0 Å². The van der Waals surface area contributed by atoms with Crippen LogP contribution in [0.2, 0.25) is 0 Å². The smallest absolute Gasteiger partial charge is 0.348 e. The Kier molecular flexibility index (Phi) is 3.27. The molecule has 0 aliphatic carbocycles. The van der Waals surface area contributed by atoms with Gasteiger partial charge in [-0.2, -0.15) is 0 Å². The summed E-state index contributed by atoms with van der Waals surface area (Å²) < 4.78 is 10.9. The van der Waals surface area contributed by atoms with Crippen LogP contribution in [0.25, 0.3) is 0 Å². The van der Waals surface area contributed by atoms with Crippen LogP contribution in [0, 0.1) is 0 Å². The number of rotatable bonds is 3. The fraction of sp³-hybridized carbons (Fsp3) is 0.500. The molecule has 0 spiro atoms. The molecular weight excluding hydrogens is 197 g/mol. The molecule has 0 aromatic rings. The van der Waals surface area contributed by atoms with E-state index in [9.17, 15) is 9.36 Å². The van der Waals surface area contributed by atoms with Crippen molar-refractivity contribution in [3.63, 3.8) is 0 Å². The standard InChI is InChI=1S/C6H12NO5P/c1-3-4(7)6(2,5(8)9)13(10,11)12/h3H,7H2,1-2H3,(H,8,9)(H2,10,11,12)/b4-3+. The quantitative estimate of drug-likeness (QED) is 0.480. The van der Waals surface area contributed by atoms with Crippen LogP contribution in [0.5, 0.6) is 0 Å². The Labute approximate surface area is 75.2 Å². The molecule has 5 N–H and O–H groups in total. The van der Waals surface area contributed by atoms with E-state index in [1.165, 1.54) is 6.92 Å². The lowest BCUT2D eigenvalue weighted by Gasteiger charge is -2.25. The van der Waals surface area contributed by atoms with Gasteiger partial charge in [0.25, 0.3) is 0 Å². The molecule has 0 fully saturated rings. The second-order valence-electron chi connectivity index (χ2n) is 2.67. The molecule has 0 radical (unpaired) electrons. The van der Waals surface area contributed by atoms with E-state index in [0.29, 0.717) is 0 Å². The molecule has 7 heteroatoms. The van der Waals surface area contributed by atoms with Crippen molar-refractivity contribution in [2.75, 3.05) is 0 Å². The minimum atomic E-state index is -4.81. The van der Waals surface area contributed by atoms with Crippen LogP contribution in [0.1, 0.15) is 13.8 Å². The van der Waals surface area contributed by atoms with Crippen molar-refractivity contribution >= 4 is 13.6 Å². The molecule has 0 amide bonds. The second-order valence-corrected chi connectivity index (χ2v) is 4.65. The topological polar surface area (TPSA) is 121 Å². The molecular formula is C6H12NO5P. The highest BCUT2D eigenvalue weighted by atomic mass is 31.2. The minimum absolute atomic E-state index is 0.353. The lowest BCUT2D eigenvalue weighted by Crippen LogP contribution is -2.40. The van der Waals surface area contributed by atoms with E-state index >= 15 is 0 Å². The summed E-state index contributed by atoms with van der Waals surface area (Å²) in [4.78, 5) is 28.3. The van der Waals surface area contributed by atoms with Crippen molar-refractivity contribution in [1.29, 1.82) is 0 Å². The first-order chi connectivity index (χ1) is 5.67. The number of hydrogen-bond acceptors (Lipinski definition) is 3. The first-order valence-corrected chi connectivity index (χ1v) is 5.00. The molecule has 0 bridgehead atoms. The predicted octanol–water partition coefficient (Wildman–Crippen LogP) is -0.130. The van der Waals surface area contributed by atoms with Crippen molar-refractivity contribution in [3.05, 3.63) is 11.8 Å². The van der Waals surface area contributed by atoms with Crippen LogP contribution in [-0.4, -0.2) is 26.0 Å². The number of hydrogen-bond donors (Lipinski definition) is 4. The van der Waals surface area contributed by atoms with Crippen molar-refractivity contribution < 1.29 is 24.3 Å². The average Bonchev–Trinajstić information content (AvgIpc) is 1.98. The van der Waals surface area contributed by atoms with E-state index in [2.05, 4.69) is 0 Å². The van der Waals surface area contributed by atoms with Gasteiger partial charge in [0.1, 0.15) is 0 Å². The van der Waals surface area contributed by atoms with Gasteiger partial charge in [-0.1, -0.05) is 6.08 Å². The van der Waals surface area contributed by atoms with Crippen molar-refractivity contribution in [2.24, 2.45) is 5.73 Å². The fourth-order valence-electron chi connectivity index (χ4n) is 0.697. The zero-order chi connectivity index (χ0) is 10.9. The molecule has 0 aliphatic rings. The zero-order valence-corrected chi connectivity index (χ0v) is 8.15. The largest absolute Gasteiger partial charge is 0.480 e. The van der Waals surface area contributed by atoms with E-state index < -0.39 is 18.7 Å². The third-order valence-electron chi connectivity index (χ3n) is 1.87. The van der Waals surface area contributed by atoms with Gasteiger partial charge in [0, 0.05) is 5.70 Å². The molecule has 0 aromatic heterocycles. The molecule has 1 atom stereocenters. The van der Waals surface area contributed by atoms with E-state index in [4.69, 9.17) is 20.6 Å². The minimum Gasteiger partial charge on any atom is -0.480 e. The average molecular weight is 209 g/mol. The number of aliphatic carboxylic acids is 1. The molecule has 0 aliphatic heterocycles. The van der Waals surface area contributed by atoms with Crippen molar-refractivity contribution in [3.8, 4) is 0 Å². The molecule has 6 nitrogen and oxygen atoms in total. The predicted molar refractivity (Wildman–Crippen MR) is 46.0 cm³/mol. The van der Waals surface area contributed by atoms with Gasteiger partial charge < -0.3 is 20.6 Å². The normalized spacial score (nSPS) is 18.0. The maximum absolute atomic E-state index is 10.9. The number of nitrogens with two attached hydrogens (primary N) is 1. The maximum atomic E-state index is 10.9. The summed E-state index contributed by atoms with van der Waals surface area (Å²) in [5.74, 6) is -1.64. The Balaban J connectivity index is 5.48. The highest BCUT2D eigenvalue weighted by molar-refractivity contribution is 7.55. The summed E-state index contributed by atoms with van der Waals surface area (Å²) in [5.41, 5.74) is 4.87. The van der Waals surface area contributed by atoms with Gasteiger partial charge in [0.15, 0.2) is 0 Å². The Morgan fingerprint density at radius 2 is 1.92 bits per heavy atom. The molecule has 0 rings (SSSR count). The Morgan fingerprint density at radius 3 is 2.00 bits per heavy atom. The van der Waals surface area contributed by atoms with Crippen LogP contribution >= 0.6 is 7.60 Å². The van der Waals surface area contributed by atoms with Crippen LogP contribution in [0.3, 0.4) is 0 Å². The van der Waals surface area contributed by atoms with Crippen LogP contribution in [0.4, 0.5) is 0 Å². The van der Waals surface area contributed by atoms with E-state index in [1.807, 2.05) is 0 Å². The Bertz CT molecular complexity index is 293. The van der Waals surface area contributed by atoms with Crippen molar-refractivity contribution in [1.82, 2.24) is 0 Å². The van der Waals surface area contributed by atoms with Crippen LogP contribution < -0.4 is 5.73 Å². The van der Waals surface area contributed by atoms with E-state index in [0.717, 1.165) is 13.0 Å². The molecule has 76 valence electrons. The molecule has 13 heavy (non-hydrogen) atoms. The second kappa shape index (κ2) is 3.49. The van der Waals surface area contributed by atoms with Gasteiger partial charge in [0.05, 0.1) is 0 Å². The maximum Gasteiger partial charge on any atom is 0.348 e. The molecule has 0 saturated carbocycles. The van der Waals surface area contributed by atoms with Gasteiger partial charge in [-0.3, -0.25) is 9.36 Å². The summed E-state index contributed by atoms with van der Waals surface area (Å²) in [5, 5.41) is 6.33.